The average molecular weight is 226 g/mol. The molecule has 0 aromatic heterocycles. The number of benzene rings is 2. The Balaban J connectivity index is 2.51. The number of ketones is 1. The SMILES string of the molecule is Cc1c2c(c3ccccc3c1C)C(=O)C(C)O2. The van der Waals surface area contributed by atoms with Crippen molar-refractivity contribution in [1.29, 1.82) is 0 Å². The summed E-state index contributed by atoms with van der Waals surface area (Å²) in [6.45, 7) is 5.91. The van der Waals surface area contributed by atoms with Gasteiger partial charge in [-0.05, 0) is 42.7 Å². The van der Waals surface area contributed by atoms with E-state index in [0.29, 0.717) is 0 Å². The Bertz CT molecular complexity index is 641. The van der Waals surface area contributed by atoms with Crippen LogP contribution in [0.15, 0.2) is 24.3 Å². The van der Waals surface area contributed by atoms with Gasteiger partial charge in [-0.2, -0.15) is 0 Å². The van der Waals surface area contributed by atoms with E-state index in [2.05, 4.69) is 13.0 Å². The minimum Gasteiger partial charge on any atom is -0.481 e. The summed E-state index contributed by atoms with van der Waals surface area (Å²) in [7, 11) is 0. The number of carbonyl (C=O) groups excluding carboxylic acids is 1. The highest BCUT2D eigenvalue weighted by Gasteiger charge is 2.32. The fourth-order valence-corrected chi connectivity index (χ4v) is 2.54. The lowest BCUT2D eigenvalue weighted by molar-refractivity contribution is 0.0879. The van der Waals surface area contributed by atoms with E-state index in [1.165, 1.54) is 5.56 Å². The van der Waals surface area contributed by atoms with Crippen molar-refractivity contribution in [3.8, 4) is 5.75 Å². The van der Waals surface area contributed by atoms with Gasteiger partial charge in [0, 0.05) is 0 Å². The minimum absolute atomic E-state index is 0.0966. The van der Waals surface area contributed by atoms with Crippen molar-refractivity contribution in [2.45, 2.75) is 26.9 Å². The maximum Gasteiger partial charge on any atom is 0.207 e. The molecule has 0 amide bonds. The van der Waals surface area contributed by atoms with Gasteiger partial charge in [0.15, 0.2) is 6.10 Å². The van der Waals surface area contributed by atoms with Gasteiger partial charge in [0.05, 0.1) is 5.56 Å². The summed E-state index contributed by atoms with van der Waals surface area (Å²) in [4.78, 5) is 12.1. The van der Waals surface area contributed by atoms with Crippen LogP contribution < -0.4 is 4.74 Å². The number of carbonyl (C=O) groups is 1. The molecule has 0 saturated heterocycles. The topological polar surface area (TPSA) is 26.3 Å². The minimum atomic E-state index is -0.353. The van der Waals surface area contributed by atoms with E-state index in [1.54, 1.807) is 0 Å². The average Bonchev–Trinajstić information content (AvgIpc) is 2.63. The summed E-state index contributed by atoms with van der Waals surface area (Å²) in [6, 6.07) is 8.03. The molecular weight excluding hydrogens is 212 g/mol. The molecular formula is C15H14O2. The number of fused-ring (bicyclic) bond motifs is 3. The van der Waals surface area contributed by atoms with Crippen molar-refractivity contribution in [3.63, 3.8) is 0 Å². The summed E-state index contributed by atoms with van der Waals surface area (Å²) < 4.78 is 5.69. The molecule has 2 aromatic carbocycles. The highest BCUT2D eigenvalue weighted by molar-refractivity contribution is 6.15. The Labute approximate surface area is 100 Å². The number of hydrogen-bond donors (Lipinski definition) is 0. The van der Waals surface area contributed by atoms with Gasteiger partial charge in [0.1, 0.15) is 5.75 Å². The van der Waals surface area contributed by atoms with Gasteiger partial charge >= 0.3 is 0 Å². The lowest BCUT2D eigenvalue weighted by atomic mass is 9.93. The second-order valence-electron chi connectivity index (χ2n) is 4.62. The quantitative estimate of drug-likeness (QED) is 0.688. The third-order valence-corrected chi connectivity index (χ3v) is 3.64. The van der Waals surface area contributed by atoms with Crippen molar-refractivity contribution >= 4 is 16.6 Å². The highest BCUT2D eigenvalue weighted by atomic mass is 16.5. The summed E-state index contributed by atoms with van der Waals surface area (Å²) in [5.74, 6) is 0.873. The maximum atomic E-state index is 12.1. The van der Waals surface area contributed by atoms with E-state index in [-0.39, 0.29) is 11.9 Å². The fourth-order valence-electron chi connectivity index (χ4n) is 2.54. The van der Waals surface area contributed by atoms with Gasteiger partial charge in [-0.3, -0.25) is 4.79 Å². The lowest BCUT2D eigenvalue weighted by Crippen LogP contribution is -2.14. The monoisotopic (exact) mass is 226 g/mol. The van der Waals surface area contributed by atoms with Gasteiger partial charge in [-0.15, -0.1) is 0 Å². The number of hydrogen-bond acceptors (Lipinski definition) is 2. The Morgan fingerprint density at radius 3 is 2.41 bits per heavy atom. The predicted octanol–water partition coefficient (Wildman–Crippen LogP) is 3.42. The molecule has 1 aliphatic rings. The molecule has 1 heterocycles. The third kappa shape index (κ3) is 1.24. The molecule has 1 unspecified atom stereocenters. The molecule has 1 aliphatic heterocycles. The third-order valence-electron chi connectivity index (χ3n) is 3.64. The second kappa shape index (κ2) is 3.33. The Morgan fingerprint density at radius 1 is 1.06 bits per heavy atom. The molecule has 2 heteroatoms. The lowest BCUT2D eigenvalue weighted by Gasteiger charge is -2.11. The summed E-state index contributed by atoms with van der Waals surface area (Å²) >= 11 is 0. The molecule has 3 rings (SSSR count). The smallest absolute Gasteiger partial charge is 0.207 e. The summed E-state index contributed by atoms with van der Waals surface area (Å²) in [5.41, 5.74) is 3.04. The van der Waals surface area contributed by atoms with Crippen molar-refractivity contribution in [1.82, 2.24) is 0 Å². The molecule has 0 spiro atoms. The molecule has 0 saturated carbocycles. The Morgan fingerprint density at radius 2 is 1.71 bits per heavy atom. The summed E-state index contributed by atoms with van der Waals surface area (Å²) in [5, 5.41) is 2.16. The Kier molecular flexibility index (Phi) is 2.02. The highest BCUT2D eigenvalue weighted by Crippen LogP contribution is 2.40. The number of rotatable bonds is 0. The normalized spacial score (nSPS) is 18.3. The van der Waals surface area contributed by atoms with Crippen LogP contribution >= 0.6 is 0 Å². The molecule has 17 heavy (non-hydrogen) atoms. The van der Waals surface area contributed by atoms with Crippen LogP contribution in [0.2, 0.25) is 0 Å². The molecule has 0 bridgehead atoms. The molecule has 0 radical (unpaired) electrons. The number of ether oxygens (including phenoxy) is 1. The largest absolute Gasteiger partial charge is 0.481 e. The van der Waals surface area contributed by atoms with Gasteiger partial charge in [0.25, 0.3) is 0 Å². The van der Waals surface area contributed by atoms with Crippen LogP contribution in [0.5, 0.6) is 5.75 Å². The van der Waals surface area contributed by atoms with Crippen molar-refractivity contribution in [2.75, 3.05) is 0 Å². The first kappa shape index (κ1) is 10.3. The standard InChI is InChI=1S/C15H14O2/c1-8-9(2)15-13(14(16)10(3)17-15)12-7-5-4-6-11(8)12/h4-7,10H,1-3H3. The van der Waals surface area contributed by atoms with E-state index in [9.17, 15) is 4.79 Å². The molecule has 2 aromatic rings. The zero-order valence-corrected chi connectivity index (χ0v) is 10.2. The predicted molar refractivity (Wildman–Crippen MR) is 67.8 cm³/mol. The zero-order valence-electron chi connectivity index (χ0n) is 10.2. The van der Waals surface area contributed by atoms with Crippen LogP contribution in [0.1, 0.15) is 28.4 Å². The molecule has 0 N–H and O–H groups in total. The maximum absolute atomic E-state index is 12.1. The fraction of sp³-hybridized carbons (Fsp3) is 0.267. The van der Waals surface area contributed by atoms with Crippen LogP contribution in [-0.2, 0) is 0 Å². The first-order chi connectivity index (χ1) is 8.11. The molecule has 86 valence electrons. The number of Topliss-reactive ketones (excluding diaryl/α,β-unsaturated/α-hetero) is 1. The zero-order chi connectivity index (χ0) is 12.2. The van der Waals surface area contributed by atoms with Crippen molar-refractivity contribution < 1.29 is 9.53 Å². The number of aryl methyl sites for hydroxylation is 1. The van der Waals surface area contributed by atoms with E-state index in [1.807, 2.05) is 32.0 Å². The van der Waals surface area contributed by atoms with Crippen LogP contribution in [0.3, 0.4) is 0 Å². The van der Waals surface area contributed by atoms with Crippen LogP contribution in [0.4, 0.5) is 0 Å². The molecule has 2 nitrogen and oxygen atoms in total. The van der Waals surface area contributed by atoms with Crippen LogP contribution in [0.25, 0.3) is 10.8 Å². The molecule has 0 aliphatic carbocycles. The Hall–Kier alpha value is -1.83. The van der Waals surface area contributed by atoms with Crippen molar-refractivity contribution in [3.05, 3.63) is 41.0 Å². The van der Waals surface area contributed by atoms with Gasteiger partial charge in [-0.1, -0.05) is 24.3 Å². The molecule has 1 atom stereocenters. The van der Waals surface area contributed by atoms with Crippen LogP contribution in [-0.4, -0.2) is 11.9 Å². The van der Waals surface area contributed by atoms with Gasteiger partial charge in [-0.25, -0.2) is 0 Å². The van der Waals surface area contributed by atoms with Gasteiger partial charge in [0.2, 0.25) is 5.78 Å². The van der Waals surface area contributed by atoms with Crippen molar-refractivity contribution in [2.24, 2.45) is 0 Å². The summed E-state index contributed by atoms with van der Waals surface area (Å²) in [6.07, 6.45) is -0.353. The van der Waals surface area contributed by atoms with E-state index >= 15 is 0 Å². The van der Waals surface area contributed by atoms with E-state index < -0.39 is 0 Å². The molecule has 0 fully saturated rings. The van der Waals surface area contributed by atoms with E-state index in [4.69, 9.17) is 4.74 Å². The first-order valence-electron chi connectivity index (χ1n) is 5.84. The van der Waals surface area contributed by atoms with Gasteiger partial charge < -0.3 is 4.74 Å². The van der Waals surface area contributed by atoms with Crippen LogP contribution in [0, 0.1) is 13.8 Å². The van der Waals surface area contributed by atoms with E-state index in [0.717, 1.165) is 27.6 Å². The first-order valence-corrected chi connectivity index (χ1v) is 5.84. The second-order valence-corrected chi connectivity index (χ2v) is 4.62.